The van der Waals surface area contributed by atoms with E-state index in [1.807, 2.05) is 0 Å². The fraction of sp³-hybridized carbons (Fsp3) is 0.833. The average Bonchev–Trinajstić information content (AvgIpc) is 2.18. The summed E-state index contributed by atoms with van der Waals surface area (Å²) in [6.07, 6.45) is 4.20. The van der Waals surface area contributed by atoms with Gasteiger partial charge in [-0.2, -0.15) is 0 Å². The topological polar surface area (TPSA) is 6.48 Å². The highest BCUT2D eigenvalue weighted by atomic mass is 79.9. The van der Waals surface area contributed by atoms with Crippen molar-refractivity contribution in [3.05, 3.63) is 11.1 Å². The molecule has 0 aromatic carbocycles. The number of halogens is 1. The van der Waals surface area contributed by atoms with Crippen LogP contribution in [0, 0.1) is 0 Å². The second kappa shape index (κ2) is 4.98. The van der Waals surface area contributed by atoms with Crippen LogP contribution in [0.15, 0.2) is 11.1 Å². The van der Waals surface area contributed by atoms with E-state index in [9.17, 15) is 0 Å². The maximum Gasteiger partial charge on any atom is 0.0297 e. The molecule has 2 rings (SSSR count). The van der Waals surface area contributed by atoms with Gasteiger partial charge in [-0.1, -0.05) is 28.9 Å². The third-order valence-corrected chi connectivity index (χ3v) is 3.94. The highest BCUT2D eigenvalue weighted by Crippen LogP contribution is 2.24. The third kappa shape index (κ3) is 2.83. The standard InChI is InChI=1S/C12H21BrN2/c1-10(13)7-15-9-12-5-3-4-6-14(12)8-11(15)2/h11-12H,1,3-9H2,2H3. The van der Waals surface area contributed by atoms with Gasteiger partial charge >= 0.3 is 0 Å². The summed E-state index contributed by atoms with van der Waals surface area (Å²) in [7, 11) is 0. The lowest BCUT2D eigenvalue weighted by Crippen LogP contribution is -2.58. The van der Waals surface area contributed by atoms with Crippen molar-refractivity contribution in [2.24, 2.45) is 0 Å². The molecule has 0 N–H and O–H groups in total. The number of fused-ring (bicyclic) bond motifs is 1. The van der Waals surface area contributed by atoms with Gasteiger partial charge in [-0.05, 0) is 26.3 Å². The van der Waals surface area contributed by atoms with Gasteiger partial charge in [-0.25, -0.2) is 0 Å². The van der Waals surface area contributed by atoms with Crippen molar-refractivity contribution in [1.82, 2.24) is 9.80 Å². The number of hydrogen-bond acceptors (Lipinski definition) is 2. The molecule has 2 fully saturated rings. The smallest absolute Gasteiger partial charge is 0.0297 e. The molecule has 2 atom stereocenters. The number of piperazine rings is 1. The molecule has 2 saturated heterocycles. The quantitative estimate of drug-likeness (QED) is 0.762. The highest BCUT2D eigenvalue weighted by Gasteiger charge is 2.32. The van der Waals surface area contributed by atoms with Crippen LogP contribution in [0.5, 0.6) is 0 Å². The van der Waals surface area contributed by atoms with Gasteiger partial charge in [0.25, 0.3) is 0 Å². The summed E-state index contributed by atoms with van der Waals surface area (Å²) in [4.78, 5) is 5.24. The molecule has 0 amide bonds. The molecule has 0 spiro atoms. The first-order valence-corrected chi connectivity index (χ1v) is 6.77. The van der Waals surface area contributed by atoms with Gasteiger partial charge in [0.2, 0.25) is 0 Å². The number of piperidine rings is 1. The lowest BCUT2D eigenvalue weighted by molar-refractivity contribution is 0.0213. The Balaban J connectivity index is 1.95. The van der Waals surface area contributed by atoms with Crippen LogP contribution in [0.2, 0.25) is 0 Å². The number of rotatable bonds is 2. The summed E-state index contributed by atoms with van der Waals surface area (Å²) >= 11 is 3.48. The van der Waals surface area contributed by atoms with Crippen LogP contribution in [0.1, 0.15) is 26.2 Å². The van der Waals surface area contributed by atoms with Crippen LogP contribution in [0.4, 0.5) is 0 Å². The molecule has 2 aliphatic rings. The molecule has 0 radical (unpaired) electrons. The summed E-state index contributed by atoms with van der Waals surface area (Å²) in [6.45, 7) is 11.1. The Bertz CT molecular complexity index is 242. The van der Waals surface area contributed by atoms with Gasteiger partial charge in [0.05, 0.1) is 0 Å². The molecule has 0 bridgehead atoms. The van der Waals surface area contributed by atoms with E-state index in [0.717, 1.165) is 17.1 Å². The zero-order chi connectivity index (χ0) is 10.8. The van der Waals surface area contributed by atoms with Gasteiger partial charge < -0.3 is 0 Å². The van der Waals surface area contributed by atoms with E-state index in [-0.39, 0.29) is 0 Å². The molecule has 2 aliphatic heterocycles. The Morgan fingerprint density at radius 2 is 2.20 bits per heavy atom. The minimum absolute atomic E-state index is 0.675. The summed E-state index contributed by atoms with van der Waals surface area (Å²) in [5, 5.41) is 0. The monoisotopic (exact) mass is 272 g/mol. The molecule has 0 saturated carbocycles. The lowest BCUT2D eigenvalue weighted by atomic mass is 9.97. The Morgan fingerprint density at radius 1 is 1.40 bits per heavy atom. The molecule has 15 heavy (non-hydrogen) atoms. The largest absolute Gasteiger partial charge is 0.298 e. The molecule has 0 aliphatic carbocycles. The molecule has 3 heteroatoms. The summed E-state index contributed by atoms with van der Waals surface area (Å²) in [6, 6.07) is 1.48. The molecule has 2 heterocycles. The van der Waals surface area contributed by atoms with Crippen molar-refractivity contribution >= 4 is 15.9 Å². The van der Waals surface area contributed by atoms with E-state index >= 15 is 0 Å². The zero-order valence-corrected chi connectivity index (χ0v) is 11.2. The molecular formula is C12H21BrN2. The molecule has 0 aromatic heterocycles. The fourth-order valence-electron chi connectivity index (χ4n) is 2.85. The Kier molecular flexibility index (Phi) is 3.86. The molecule has 86 valence electrons. The summed E-state index contributed by atoms with van der Waals surface area (Å²) in [5.74, 6) is 0. The zero-order valence-electron chi connectivity index (χ0n) is 9.58. The summed E-state index contributed by atoms with van der Waals surface area (Å²) < 4.78 is 1.11. The predicted molar refractivity (Wildman–Crippen MR) is 68.3 cm³/mol. The maximum absolute atomic E-state index is 3.95. The average molecular weight is 273 g/mol. The van der Waals surface area contributed by atoms with Crippen molar-refractivity contribution in [1.29, 1.82) is 0 Å². The van der Waals surface area contributed by atoms with E-state index in [4.69, 9.17) is 0 Å². The van der Waals surface area contributed by atoms with Crippen LogP contribution in [0.25, 0.3) is 0 Å². The third-order valence-electron chi connectivity index (χ3n) is 3.69. The second-order valence-corrected chi connectivity index (χ2v) is 6.06. The van der Waals surface area contributed by atoms with Gasteiger partial charge in [0.1, 0.15) is 0 Å². The van der Waals surface area contributed by atoms with Crippen molar-refractivity contribution in [3.8, 4) is 0 Å². The first-order chi connectivity index (χ1) is 7.16. The van der Waals surface area contributed by atoms with Crippen molar-refractivity contribution in [2.45, 2.75) is 38.3 Å². The molecular weight excluding hydrogens is 252 g/mol. The van der Waals surface area contributed by atoms with E-state index in [1.54, 1.807) is 0 Å². The van der Waals surface area contributed by atoms with Crippen molar-refractivity contribution < 1.29 is 0 Å². The van der Waals surface area contributed by atoms with Crippen LogP contribution in [-0.4, -0.2) is 48.1 Å². The van der Waals surface area contributed by atoms with Crippen LogP contribution in [-0.2, 0) is 0 Å². The Labute approximate surface area is 101 Å². The number of nitrogens with zero attached hydrogens (tertiary/aromatic N) is 2. The van der Waals surface area contributed by atoms with Crippen LogP contribution < -0.4 is 0 Å². The van der Waals surface area contributed by atoms with Crippen molar-refractivity contribution in [3.63, 3.8) is 0 Å². The van der Waals surface area contributed by atoms with Crippen LogP contribution in [0.3, 0.4) is 0 Å². The van der Waals surface area contributed by atoms with Gasteiger partial charge in [0.15, 0.2) is 0 Å². The second-order valence-electron chi connectivity index (χ2n) is 4.94. The SMILES string of the molecule is C=C(Br)CN1CC2CCCCN2CC1C. The Morgan fingerprint density at radius 3 is 2.93 bits per heavy atom. The first kappa shape index (κ1) is 11.6. The molecule has 2 unspecified atom stereocenters. The van der Waals surface area contributed by atoms with E-state index in [1.165, 1.54) is 38.9 Å². The Hall–Kier alpha value is 0.140. The molecule has 2 nitrogen and oxygen atoms in total. The van der Waals surface area contributed by atoms with E-state index in [0.29, 0.717) is 6.04 Å². The first-order valence-electron chi connectivity index (χ1n) is 5.98. The van der Waals surface area contributed by atoms with E-state index in [2.05, 4.69) is 39.2 Å². The fourth-order valence-corrected chi connectivity index (χ4v) is 3.18. The van der Waals surface area contributed by atoms with E-state index < -0.39 is 0 Å². The highest BCUT2D eigenvalue weighted by molar-refractivity contribution is 9.11. The minimum atomic E-state index is 0.675. The predicted octanol–water partition coefficient (Wildman–Crippen LogP) is 2.45. The lowest BCUT2D eigenvalue weighted by Gasteiger charge is -2.47. The van der Waals surface area contributed by atoms with Gasteiger partial charge in [-0.15, -0.1) is 0 Å². The van der Waals surface area contributed by atoms with Crippen molar-refractivity contribution in [2.75, 3.05) is 26.2 Å². The summed E-state index contributed by atoms with van der Waals surface area (Å²) in [5.41, 5.74) is 0. The molecule has 0 aromatic rings. The van der Waals surface area contributed by atoms with Gasteiger partial charge in [0, 0.05) is 36.2 Å². The maximum atomic E-state index is 3.95. The minimum Gasteiger partial charge on any atom is -0.298 e. The number of hydrogen-bond donors (Lipinski definition) is 0. The van der Waals surface area contributed by atoms with Gasteiger partial charge in [-0.3, -0.25) is 9.80 Å². The van der Waals surface area contributed by atoms with Crippen LogP contribution >= 0.6 is 15.9 Å². The normalized spacial score (nSPS) is 33.7.